The monoisotopic (exact) mass is 349 g/mol. The Morgan fingerprint density at radius 3 is 2.38 bits per heavy atom. The molecule has 1 amide bonds. The van der Waals surface area contributed by atoms with Crippen LogP contribution in [0.5, 0.6) is 0 Å². The Balaban J connectivity index is 3.11. The van der Waals surface area contributed by atoms with Crippen LogP contribution < -0.4 is 0 Å². The summed E-state index contributed by atoms with van der Waals surface area (Å²) in [5, 5.41) is 9.54. The van der Waals surface area contributed by atoms with Crippen LogP contribution in [0.3, 0.4) is 0 Å². The molecule has 7 heteroatoms. The second-order valence-electron chi connectivity index (χ2n) is 4.70. The van der Waals surface area contributed by atoms with Gasteiger partial charge in [0, 0.05) is 17.5 Å². The molecule has 1 rings (SSSR count). The number of rotatable bonds is 6. The highest BCUT2D eigenvalue weighted by Crippen LogP contribution is 2.32. The number of amides is 1. The molecule has 0 bridgehead atoms. The van der Waals surface area contributed by atoms with Gasteiger partial charge >= 0.3 is 5.97 Å². The SMILES string of the molecule is CSc1cc(C(=O)N(CCC(=O)O)C(C)C)c(Cl)cc1Cl. The third-order valence-corrected chi connectivity index (χ3v) is 4.44. The van der Waals surface area contributed by atoms with Gasteiger partial charge in [0.1, 0.15) is 0 Å². The van der Waals surface area contributed by atoms with E-state index >= 15 is 0 Å². The fourth-order valence-electron chi connectivity index (χ4n) is 1.81. The number of carbonyl (C=O) groups excluding carboxylic acids is 1. The molecule has 0 saturated heterocycles. The predicted molar refractivity (Wildman–Crippen MR) is 86.7 cm³/mol. The first-order chi connectivity index (χ1) is 9.77. The maximum atomic E-state index is 12.6. The molecule has 0 heterocycles. The molecule has 0 aromatic heterocycles. The molecular weight excluding hydrogens is 333 g/mol. The van der Waals surface area contributed by atoms with E-state index in [1.54, 1.807) is 6.07 Å². The Bertz CT molecular complexity index is 549. The Kier molecular flexibility index (Phi) is 6.84. The minimum Gasteiger partial charge on any atom is -0.481 e. The molecule has 0 aliphatic rings. The molecule has 0 saturated carbocycles. The second kappa shape index (κ2) is 7.92. The van der Waals surface area contributed by atoms with E-state index in [4.69, 9.17) is 28.3 Å². The number of nitrogens with zero attached hydrogens (tertiary/aromatic N) is 1. The smallest absolute Gasteiger partial charge is 0.305 e. The van der Waals surface area contributed by atoms with E-state index in [1.165, 1.54) is 22.7 Å². The van der Waals surface area contributed by atoms with Gasteiger partial charge in [-0.15, -0.1) is 11.8 Å². The number of carboxylic acid groups (broad SMARTS) is 1. The Morgan fingerprint density at radius 1 is 1.29 bits per heavy atom. The van der Waals surface area contributed by atoms with E-state index < -0.39 is 5.97 Å². The van der Waals surface area contributed by atoms with Gasteiger partial charge in [-0.05, 0) is 32.2 Å². The Morgan fingerprint density at radius 2 is 1.90 bits per heavy atom. The molecule has 116 valence electrons. The van der Waals surface area contributed by atoms with Gasteiger partial charge in [-0.3, -0.25) is 9.59 Å². The highest BCUT2D eigenvalue weighted by Gasteiger charge is 2.22. The molecular formula is C14H17Cl2NO3S. The number of aliphatic carboxylic acids is 1. The van der Waals surface area contributed by atoms with Crippen molar-refractivity contribution in [3.8, 4) is 0 Å². The van der Waals surface area contributed by atoms with Gasteiger partial charge in [0.2, 0.25) is 0 Å². The molecule has 0 fully saturated rings. The first-order valence-electron chi connectivity index (χ1n) is 6.33. The topological polar surface area (TPSA) is 57.6 Å². The van der Waals surface area contributed by atoms with Gasteiger partial charge < -0.3 is 10.0 Å². The molecule has 21 heavy (non-hydrogen) atoms. The van der Waals surface area contributed by atoms with Crippen molar-refractivity contribution in [3.63, 3.8) is 0 Å². The lowest BCUT2D eigenvalue weighted by atomic mass is 10.1. The van der Waals surface area contributed by atoms with E-state index in [0.717, 1.165) is 4.90 Å². The molecule has 4 nitrogen and oxygen atoms in total. The molecule has 0 aliphatic carbocycles. The highest BCUT2D eigenvalue weighted by molar-refractivity contribution is 7.98. The van der Waals surface area contributed by atoms with Gasteiger partial charge in [-0.25, -0.2) is 0 Å². The van der Waals surface area contributed by atoms with Crippen LogP contribution in [0.2, 0.25) is 10.0 Å². The van der Waals surface area contributed by atoms with E-state index in [-0.39, 0.29) is 29.9 Å². The maximum Gasteiger partial charge on any atom is 0.305 e. The quantitative estimate of drug-likeness (QED) is 0.787. The minimum absolute atomic E-state index is 0.107. The van der Waals surface area contributed by atoms with Crippen LogP contribution >= 0.6 is 35.0 Å². The number of benzene rings is 1. The van der Waals surface area contributed by atoms with Crippen molar-refractivity contribution in [1.29, 1.82) is 0 Å². The summed E-state index contributed by atoms with van der Waals surface area (Å²) in [6.45, 7) is 3.80. The van der Waals surface area contributed by atoms with Crippen molar-refractivity contribution < 1.29 is 14.7 Å². The zero-order chi connectivity index (χ0) is 16.2. The van der Waals surface area contributed by atoms with Crippen LogP contribution in [0.25, 0.3) is 0 Å². The van der Waals surface area contributed by atoms with Gasteiger partial charge in [-0.2, -0.15) is 0 Å². The lowest BCUT2D eigenvalue weighted by molar-refractivity contribution is -0.137. The summed E-state index contributed by atoms with van der Waals surface area (Å²) in [4.78, 5) is 25.6. The number of thioether (sulfide) groups is 1. The molecule has 0 aliphatic heterocycles. The fourth-order valence-corrected chi connectivity index (χ4v) is 3.00. The normalized spacial score (nSPS) is 10.8. The van der Waals surface area contributed by atoms with Gasteiger partial charge in [0.15, 0.2) is 0 Å². The molecule has 1 aromatic carbocycles. The van der Waals surface area contributed by atoms with Crippen molar-refractivity contribution in [3.05, 3.63) is 27.7 Å². The molecule has 0 atom stereocenters. The summed E-state index contributed by atoms with van der Waals surface area (Å²) in [5.41, 5.74) is 0.338. The zero-order valence-electron chi connectivity index (χ0n) is 12.0. The summed E-state index contributed by atoms with van der Waals surface area (Å²) >= 11 is 13.6. The van der Waals surface area contributed by atoms with E-state index in [1.807, 2.05) is 20.1 Å². The summed E-state index contributed by atoms with van der Waals surface area (Å²) in [5.74, 6) is -1.23. The van der Waals surface area contributed by atoms with Crippen molar-refractivity contribution in [2.75, 3.05) is 12.8 Å². The largest absolute Gasteiger partial charge is 0.481 e. The first kappa shape index (κ1) is 18.1. The maximum absolute atomic E-state index is 12.6. The minimum atomic E-state index is -0.944. The van der Waals surface area contributed by atoms with Crippen LogP contribution in [0.1, 0.15) is 30.6 Å². The molecule has 1 N–H and O–H groups in total. The Hall–Kier alpha value is -0.910. The number of hydrogen-bond donors (Lipinski definition) is 1. The molecule has 1 aromatic rings. The van der Waals surface area contributed by atoms with Gasteiger partial charge in [0.05, 0.1) is 22.0 Å². The zero-order valence-corrected chi connectivity index (χ0v) is 14.3. The Labute approximate surface area is 138 Å². The van der Waals surface area contributed by atoms with Crippen LogP contribution in [0.4, 0.5) is 0 Å². The average molecular weight is 350 g/mol. The first-order valence-corrected chi connectivity index (χ1v) is 8.31. The average Bonchev–Trinajstić information content (AvgIpc) is 2.38. The highest BCUT2D eigenvalue weighted by atomic mass is 35.5. The van der Waals surface area contributed by atoms with Gasteiger partial charge in [0.25, 0.3) is 5.91 Å². The number of carboxylic acids is 1. The number of carbonyl (C=O) groups is 2. The van der Waals surface area contributed by atoms with Crippen molar-refractivity contribution in [2.45, 2.75) is 31.2 Å². The van der Waals surface area contributed by atoms with Crippen molar-refractivity contribution >= 4 is 46.8 Å². The molecule has 0 radical (unpaired) electrons. The second-order valence-corrected chi connectivity index (χ2v) is 6.37. The molecule has 0 spiro atoms. The number of hydrogen-bond acceptors (Lipinski definition) is 3. The lowest BCUT2D eigenvalue weighted by Gasteiger charge is -2.27. The van der Waals surface area contributed by atoms with Gasteiger partial charge in [-0.1, -0.05) is 23.2 Å². The summed E-state index contributed by atoms with van der Waals surface area (Å²) < 4.78 is 0. The summed E-state index contributed by atoms with van der Waals surface area (Å²) in [6.07, 6.45) is 1.75. The molecule has 0 unspecified atom stereocenters. The van der Waals surface area contributed by atoms with Crippen molar-refractivity contribution in [1.82, 2.24) is 4.90 Å². The van der Waals surface area contributed by atoms with Crippen LogP contribution in [0.15, 0.2) is 17.0 Å². The van der Waals surface area contributed by atoms with Crippen LogP contribution in [-0.2, 0) is 4.79 Å². The third kappa shape index (κ3) is 4.80. The fraction of sp³-hybridized carbons (Fsp3) is 0.429. The standard InChI is InChI=1S/C14H17Cl2NO3S/c1-8(2)17(5-4-13(18)19)14(20)9-6-12(21-3)11(16)7-10(9)15/h6-8H,4-5H2,1-3H3,(H,18,19). The third-order valence-electron chi connectivity index (χ3n) is 2.92. The summed E-state index contributed by atoms with van der Waals surface area (Å²) in [7, 11) is 0. The predicted octanol–water partition coefficient (Wildman–Crippen LogP) is 4.04. The number of halogens is 2. The summed E-state index contributed by atoms with van der Waals surface area (Å²) in [6, 6.07) is 3.06. The lowest BCUT2D eigenvalue weighted by Crippen LogP contribution is -2.38. The van der Waals surface area contributed by atoms with Crippen LogP contribution in [0, 0.1) is 0 Å². The van der Waals surface area contributed by atoms with E-state index in [2.05, 4.69) is 0 Å². The van der Waals surface area contributed by atoms with Crippen molar-refractivity contribution in [2.24, 2.45) is 0 Å². The van der Waals surface area contributed by atoms with E-state index in [0.29, 0.717) is 10.6 Å². The van der Waals surface area contributed by atoms with Crippen LogP contribution in [-0.4, -0.2) is 40.7 Å². The van der Waals surface area contributed by atoms with E-state index in [9.17, 15) is 9.59 Å².